The molecule has 2 aromatic carbocycles. The molecule has 0 bridgehead atoms. The maximum Gasteiger partial charge on any atom is 0.187 e. The highest BCUT2D eigenvalue weighted by Crippen LogP contribution is 2.42. The summed E-state index contributed by atoms with van der Waals surface area (Å²) in [5.74, 6) is -0.796. The minimum Gasteiger partial charge on any atom is -0.346 e. The van der Waals surface area contributed by atoms with E-state index in [1.807, 2.05) is 44.2 Å². The van der Waals surface area contributed by atoms with Crippen LogP contribution in [0.15, 0.2) is 54.6 Å². The average molecular weight is 478 g/mol. The zero-order chi connectivity index (χ0) is 24.7. The van der Waals surface area contributed by atoms with Gasteiger partial charge in [0.1, 0.15) is 11.9 Å². The highest BCUT2D eigenvalue weighted by atomic mass is 19.1. The average Bonchev–Trinajstić information content (AvgIpc) is 3.44. The van der Waals surface area contributed by atoms with Crippen LogP contribution in [-0.4, -0.2) is 35.1 Å². The Morgan fingerprint density at radius 1 is 1.06 bits per heavy atom. The molecule has 3 heterocycles. The Morgan fingerprint density at radius 3 is 2.40 bits per heavy atom. The van der Waals surface area contributed by atoms with Crippen molar-refractivity contribution in [2.45, 2.75) is 77.3 Å². The normalized spacial score (nSPS) is 23.1. The van der Waals surface area contributed by atoms with Gasteiger partial charge in [-0.3, -0.25) is 4.79 Å². The lowest BCUT2D eigenvalue weighted by Gasteiger charge is -2.22. The number of benzene rings is 2. The number of fused-ring (bicyclic) bond motifs is 1. The molecule has 0 radical (unpaired) electrons. The number of rotatable bonds is 7. The quantitative estimate of drug-likeness (QED) is 0.362. The number of carbonyl (C=O) groups excluding carboxylic acids is 1. The smallest absolute Gasteiger partial charge is 0.187 e. The van der Waals surface area contributed by atoms with Crippen LogP contribution in [0.4, 0.5) is 4.39 Å². The number of carbonyl (C=O) groups is 1. The predicted octanol–water partition coefficient (Wildman–Crippen LogP) is 6.55. The molecule has 2 aliphatic rings. The third-order valence-electron chi connectivity index (χ3n) is 6.82. The van der Waals surface area contributed by atoms with Crippen LogP contribution in [0.1, 0.15) is 62.5 Å². The van der Waals surface area contributed by atoms with Crippen LogP contribution in [0, 0.1) is 5.82 Å². The second kappa shape index (κ2) is 9.34. The highest BCUT2D eigenvalue weighted by molar-refractivity contribution is 5.97. The van der Waals surface area contributed by atoms with Gasteiger partial charge in [0.15, 0.2) is 18.4 Å². The zero-order valence-corrected chi connectivity index (χ0v) is 20.7. The molecule has 0 N–H and O–H groups in total. The van der Waals surface area contributed by atoms with Crippen LogP contribution in [0.25, 0.3) is 22.4 Å². The molecule has 35 heavy (non-hydrogen) atoms. The molecule has 184 valence electrons. The standard InChI is InChI=1S/C29H32FNO4/c1-18(2)26-23(17-32)25(19-8-6-5-7-9-19)27(20-10-12-21(30)13-11-20)31(26)15-14-22-16-24-28(33-22)35-29(3,4)34-24/h5-13,17-18,22,24,28H,14-16H2,1-4H3/t22-,24-,28-/m1/s1. The molecule has 2 aliphatic heterocycles. The summed E-state index contributed by atoms with van der Waals surface area (Å²) in [5, 5.41) is 0. The molecule has 3 atom stereocenters. The molecule has 0 unspecified atom stereocenters. The van der Waals surface area contributed by atoms with Crippen molar-refractivity contribution < 1.29 is 23.4 Å². The van der Waals surface area contributed by atoms with E-state index in [9.17, 15) is 9.18 Å². The first-order valence-corrected chi connectivity index (χ1v) is 12.3. The molecule has 0 aliphatic carbocycles. The first-order chi connectivity index (χ1) is 16.8. The molecule has 5 nitrogen and oxygen atoms in total. The molecule has 0 spiro atoms. The summed E-state index contributed by atoms with van der Waals surface area (Å²) < 4.78 is 34.1. The van der Waals surface area contributed by atoms with E-state index >= 15 is 0 Å². The molecular formula is C29H32FNO4. The molecule has 1 aromatic heterocycles. The summed E-state index contributed by atoms with van der Waals surface area (Å²) in [6.07, 6.45) is 2.06. The molecule has 6 heteroatoms. The number of ether oxygens (including phenoxy) is 3. The second-order valence-corrected chi connectivity index (χ2v) is 10.1. The molecule has 2 saturated heterocycles. The van der Waals surface area contributed by atoms with Gasteiger partial charge in [0, 0.05) is 29.8 Å². The monoisotopic (exact) mass is 477 g/mol. The van der Waals surface area contributed by atoms with E-state index in [2.05, 4.69) is 18.4 Å². The molecule has 2 fully saturated rings. The van der Waals surface area contributed by atoms with Gasteiger partial charge in [-0.15, -0.1) is 0 Å². The molecule has 3 aromatic rings. The number of halogens is 1. The van der Waals surface area contributed by atoms with Crippen molar-refractivity contribution in [3.05, 3.63) is 71.7 Å². The lowest BCUT2D eigenvalue weighted by atomic mass is 9.96. The van der Waals surface area contributed by atoms with E-state index in [1.54, 1.807) is 12.1 Å². The first-order valence-electron chi connectivity index (χ1n) is 12.3. The highest BCUT2D eigenvalue weighted by Gasteiger charge is 2.48. The fourth-order valence-corrected chi connectivity index (χ4v) is 5.48. The van der Waals surface area contributed by atoms with E-state index in [0.717, 1.165) is 47.2 Å². The fraction of sp³-hybridized carbons (Fsp3) is 0.414. The summed E-state index contributed by atoms with van der Waals surface area (Å²) in [5.41, 5.74) is 5.30. The van der Waals surface area contributed by atoms with Gasteiger partial charge in [-0.25, -0.2) is 4.39 Å². The van der Waals surface area contributed by atoms with Gasteiger partial charge in [0.05, 0.1) is 11.8 Å². The first kappa shape index (κ1) is 23.9. The Kier molecular flexibility index (Phi) is 6.38. The summed E-state index contributed by atoms with van der Waals surface area (Å²) in [6, 6.07) is 16.4. The number of hydrogen-bond acceptors (Lipinski definition) is 4. The maximum atomic E-state index is 13.8. The maximum absolute atomic E-state index is 13.8. The summed E-state index contributed by atoms with van der Waals surface area (Å²) in [6.45, 7) is 8.66. The SMILES string of the molecule is CC(C)c1c(C=O)c(-c2ccccc2)c(-c2ccc(F)cc2)n1CC[C@@H]1C[C@H]2OC(C)(C)O[C@H]2O1. The Morgan fingerprint density at radius 2 is 1.77 bits per heavy atom. The third-order valence-corrected chi connectivity index (χ3v) is 6.82. The van der Waals surface area contributed by atoms with Crippen molar-refractivity contribution in [3.63, 3.8) is 0 Å². The van der Waals surface area contributed by atoms with Crippen molar-refractivity contribution in [2.75, 3.05) is 0 Å². The van der Waals surface area contributed by atoms with Crippen molar-refractivity contribution in [1.82, 2.24) is 4.57 Å². The van der Waals surface area contributed by atoms with E-state index in [1.165, 1.54) is 12.1 Å². The fourth-order valence-electron chi connectivity index (χ4n) is 5.48. The lowest BCUT2D eigenvalue weighted by molar-refractivity contribution is -0.205. The number of hydrogen-bond donors (Lipinski definition) is 0. The lowest BCUT2D eigenvalue weighted by Crippen LogP contribution is -2.25. The van der Waals surface area contributed by atoms with Crippen molar-refractivity contribution in [2.24, 2.45) is 0 Å². The Hall–Kier alpha value is -2.80. The number of nitrogens with zero attached hydrogens (tertiary/aromatic N) is 1. The number of aromatic nitrogens is 1. The van der Waals surface area contributed by atoms with Crippen molar-refractivity contribution >= 4 is 6.29 Å². The molecular weight excluding hydrogens is 445 g/mol. The summed E-state index contributed by atoms with van der Waals surface area (Å²) in [7, 11) is 0. The number of aldehydes is 1. The van der Waals surface area contributed by atoms with Gasteiger partial charge in [-0.1, -0.05) is 44.2 Å². The van der Waals surface area contributed by atoms with Crippen LogP contribution in [0.2, 0.25) is 0 Å². The van der Waals surface area contributed by atoms with Crippen LogP contribution >= 0.6 is 0 Å². The van der Waals surface area contributed by atoms with Gasteiger partial charge >= 0.3 is 0 Å². The van der Waals surface area contributed by atoms with Crippen molar-refractivity contribution in [1.29, 1.82) is 0 Å². The van der Waals surface area contributed by atoms with Gasteiger partial charge in [-0.2, -0.15) is 0 Å². The van der Waals surface area contributed by atoms with Crippen LogP contribution < -0.4 is 0 Å². The molecule has 5 rings (SSSR count). The largest absolute Gasteiger partial charge is 0.346 e. The van der Waals surface area contributed by atoms with Crippen LogP contribution in [-0.2, 0) is 20.8 Å². The minimum atomic E-state index is -0.620. The Labute approximate surface area is 205 Å². The van der Waals surface area contributed by atoms with Crippen LogP contribution in [0.5, 0.6) is 0 Å². The summed E-state index contributed by atoms with van der Waals surface area (Å²) in [4.78, 5) is 12.5. The Bertz CT molecular complexity index is 1180. The minimum absolute atomic E-state index is 0.00978. The topological polar surface area (TPSA) is 49.7 Å². The van der Waals surface area contributed by atoms with E-state index in [4.69, 9.17) is 14.2 Å². The van der Waals surface area contributed by atoms with Gasteiger partial charge in [0.2, 0.25) is 0 Å². The zero-order valence-electron chi connectivity index (χ0n) is 20.7. The molecule has 0 amide bonds. The molecule has 0 saturated carbocycles. The van der Waals surface area contributed by atoms with Gasteiger partial charge in [0.25, 0.3) is 0 Å². The van der Waals surface area contributed by atoms with Gasteiger partial charge in [-0.05, 0) is 61.6 Å². The summed E-state index contributed by atoms with van der Waals surface area (Å²) >= 11 is 0. The second-order valence-electron chi connectivity index (χ2n) is 10.1. The Balaban J connectivity index is 1.56. The van der Waals surface area contributed by atoms with E-state index in [0.29, 0.717) is 12.1 Å². The van der Waals surface area contributed by atoms with Crippen LogP contribution in [0.3, 0.4) is 0 Å². The van der Waals surface area contributed by atoms with E-state index in [-0.39, 0.29) is 30.2 Å². The van der Waals surface area contributed by atoms with Crippen molar-refractivity contribution in [3.8, 4) is 22.4 Å². The third kappa shape index (κ3) is 4.58. The predicted molar refractivity (Wildman–Crippen MR) is 133 cm³/mol. The van der Waals surface area contributed by atoms with Gasteiger partial charge < -0.3 is 18.8 Å². The van der Waals surface area contributed by atoms with E-state index < -0.39 is 5.79 Å².